The molecule has 1 saturated heterocycles. The van der Waals surface area contributed by atoms with Crippen LogP contribution in [0.5, 0.6) is 0 Å². The van der Waals surface area contributed by atoms with Gasteiger partial charge in [-0.05, 0) is 53.5 Å². The zero-order chi connectivity index (χ0) is 20.1. The smallest absolute Gasteiger partial charge is 0.409 e. The maximum absolute atomic E-state index is 12.1. The third-order valence-electron chi connectivity index (χ3n) is 5.15. The summed E-state index contributed by atoms with van der Waals surface area (Å²) in [5.41, 5.74) is 9.28. The van der Waals surface area contributed by atoms with Crippen molar-refractivity contribution >= 4 is 12.0 Å². The van der Waals surface area contributed by atoms with Crippen LogP contribution in [0.2, 0.25) is 0 Å². The van der Waals surface area contributed by atoms with Gasteiger partial charge in [-0.3, -0.25) is 4.79 Å². The zero-order valence-corrected chi connectivity index (χ0v) is 16.6. The minimum Gasteiger partial charge on any atom is -0.449 e. The second-order valence-corrected chi connectivity index (χ2v) is 7.80. The second-order valence-electron chi connectivity index (χ2n) is 7.80. The van der Waals surface area contributed by atoms with Crippen molar-refractivity contribution in [3.05, 3.63) is 59.7 Å². The molecule has 0 atom stereocenters. The monoisotopic (exact) mass is 380 g/mol. The van der Waals surface area contributed by atoms with Gasteiger partial charge in [-0.25, -0.2) is 4.79 Å². The number of rotatable bonds is 5. The van der Waals surface area contributed by atoms with Gasteiger partial charge < -0.3 is 15.4 Å². The van der Waals surface area contributed by atoms with Crippen LogP contribution in [0, 0.1) is 5.92 Å². The molecule has 0 unspecified atom stereocenters. The molecule has 3 rings (SSSR count). The Hall–Kier alpha value is -2.82. The third kappa shape index (κ3) is 4.91. The molecule has 2 aromatic carbocycles. The summed E-state index contributed by atoms with van der Waals surface area (Å²) in [6.45, 7) is 5.98. The van der Waals surface area contributed by atoms with Crippen molar-refractivity contribution in [1.82, 2.24) is 4.90 Å². The van der Waals surface area contributed by atoms with Crippen LogP contribution in [0.25, 0.3) is 11.1 Å². The Labute approximate surface area is 166 Å². The summed E-state index contributed by atoms with van der Waals surface area (Å²) in [6.07, 6.45) is 1.66. The fraction of sp³-hybridized carbons (Fsp3) is 0.391. The highest BCUT2D eigenvalue weighted by Gasteiger charge is 2.25. The molecule has 0 saturated carbocycles. The van der Waals surface area contributed by atoms with Gasteiger partial charge in [0.05, 0.1) is 6.61 Å². The van der Waals surface area contributed by atoms with E-state index in [0.29, 0.717) is 24.0 Å². The Kier molecular flexibility index (Phi) is 6.34. The van der Waals surface area contributed by atoms with Crippen molar-refractivity contribution in [1.29, 1.82) is 0 Å². The Bertz CT molecular complexity index is 822. The number of hydrogen-bond donors (Lipinski definition) is 1. The quantitative estimate of drug-likeness (QED) is 0.834. The standard InChI is InChI=1S/C23H28N2O3/c1-16(2)15-28-23(27)25-12-10-18(11-13-25)21-5-3-4-20(14-21)17-6-8-19(9-7-17)22(24)26/h3-9,14,16,18H,10-13,15H2,1-2H3,(H2,24,26). The van der Waals surface area contributed by atoms with Crippen LogP contribution in [-0.4, -0.2) is 36.6 Å². The minimum absolute atomic E-state index is 0.199. The van der Waals surface area contributed by atoms with Crippen LogP contribution in [0.15, 0.2) is 48.5 Å². The number of hydrogen-bond acceptors (Lipinski definition) is 3. The van der Waals surface area contributed by atoms with E-state index in [1.165, 1.54) is 5.56 Å². The summed E-state index contributed by atoms with van der Waals surface area (Å²) in [5, 5.41) is 0. The minimum atomic E-state index is -0.418. The highest BCUT2D eigenvalue weighted by molar-refractivity contribution is 5.93. The van der Waals surface area contributed by atoms with E-state index in [0.717, 1.165) is 37.1 Å². The first-order chi connectivity index (χ1) is 13.4. The SMILES string of the molecule is CC(C)COC(=O)N1CCC(c2cccc(-c3ccc(C(N)=O)cc3)c2)CC1. The summed E-state index contributed by atoms with van der Waals surface area (Å²) >= 11 is 0. The fourth-order valence-corrected chi connectivity index (χ4v) is 3.52. The molecule has 1 aliphatic rings. The lowest BCUT2D eigenvalue weighted by atomic mass is 9.88. The molecule has 2 aromatic rings. The molecular weight excluding hydrogens is 352 g/mol. The Balaban J connectivity index is 1.63. The topological polar surface area (TPSA) is 72.6 Å². The summed E-state index contributed by atoms with van der Waals surface area (Å²) in [6, 6.07) is 15.8. The van der Waals surface area contributed by atoms with Crippen molar-refractivity contribution < 1.29 is 14.3 Å². The average molecular weight is 380 g/mol. The normalized spacial score (nSPS) is 14.9. The molecule has 1 aliphatic heterocycles. The molecule has 148 valence electrons. The van der Waals surface area contributed by atoms with Gasteiger partial charge >= 0.3 is 6.09 Å². The molecule has 28 heavy (non-hydrogen) atoms. The first kappa shape index (κ1) is 19.9. The Morgan fingerprint density at radius 1 is 1.07 bits per heavy atom. The summed E-state index contributed by atoms with van der Waals surface area (Å²) in [7, 11) is 0. The van der Waals surface area contributed by atoms with E-state index in [2.05, 4.69) is 24.3 Å². The second kappa shape index (κ2) is 8.91. The summed E-state index contributed by atoms with van der Waals surface area (Å²) < 4.78 is 5.34. The van der Waals surface area contributed by atoms with Crippen molar-refractivity contribution in [2.24, 2.45) is 11.7 Å². The van der Waals surface area contributed by atoms with Crippen LogP contribution in [0.4, 0.5) is 4.79 Å². The van der Waals surface area contributed by atoms with Gasteiger partial charge in [-0.2, -0.15) is 0 Å². The van der Waals surface area contributed by atoms with Crippen LogP contribution in [0.3, 0.4) is 0 Å². The lowest BCUT2D eigenvalue weighted by Crippen LogP contribution is -2.38. The summed E-state index contributed by atoms with van der Waals surface area (Å²) in [5.74, 6) is 0.360. The van der Waals surface area contributed by atoms with E-state index in [9.17, 15) is 9.59 Å². The number of carbonyl (C=O) groups is 2. The number of primary amides is 1. The van der Waals surface area contributed by atoms with E-state index < -0.39 is 5.91 Å². The van der Waals surface area contributed by atoms with Crippen molar-refractivity contribution in [3.8, 4) is 11.1 Å². The molecule has 0 aliphatic carbocycles. The number of benzene rings is 2. The van der Waals surface area contributed by atoms with Gasteiger partial charge in [0, 0.05) is 18.7 Å². The molecule has 2 amide bonds. The maximum atomic E-state index is 12.1. The predicted molar refractivity (Wildman–Crippen MR) is 110 cm³/mol. The molecular formula is C23H28N2O3. The number of nitrogens with two attached hydrogens (primary N) is 1. The van der Waals surface area contributed by atoms with E-state index in [1.807, 2.05) is 30.9 Å². The van der Waals surface area contributed by atoms with Crippen LogP contribution in [-0.2, 0) is 4.74 Å². The number of carbonyl (C=O) groups excluding carboxylic acids is 2. The predicted octanol–water partition coefficient (Wildman–Crippen LogP) is 4.42. The lowest BCUT2D eigenvalue weighted by Gasteiger charge is -2.32. The largest absolute Gasteiger partial charge is 0.449 e. The molecule has 0 spiro atoms. The molecule has 1 fully saturated rings. The van der Waals surface area contributed by atoms with Crippen molar-refractivity contribution in [3.63, 3.8) is 0 Å². The number of amides is 2. The van der Waals surface area contributed by atoms with Crippen LogP contribution in [0.1, 0.15) is 48.5 Å². The molecule has 2 N–H and O–H groups in total. The molecule has 0 bridgehead atoms. The van der Waals surface area contributed by atoms with Crippen LogP contribution < -0.4 is 5.73 Å². The molecule has 0 radical (unpaired) electrons. The molecule has 5 nitrogen and oxygen atoms in total. The lowest BCUT2D eigenvalue weighted by molar-refractivity contribution is 0.0834. The number of nitrogens with zero attached hydrogens (tertiary/aromatic N) is 1. The van der Waals surface area contributed by atoms with E-state index in [4.69, 9.17) is 10.5 Å². The summed E-state index contributed by atoms with van der Waals surface area (Å²) in [4.78, 5) is 25.2. The Morgan fingerprint density at radius 3 is 2.36 bits per heavy atom. The van der Waals surface area contributed by atoms with Gasteiger partial charge in [0.25, 0.3) is 0 Å². The third-order valence-corrected chi connectivity index (χ3v) is 5.15. The average Bonchev–Trinajstić information content (AvgIpc) is 2.72. The molecule has 0 aromatic heterocycles. The zero-order valence-electron chi connectivity index (χ0n) is 16.6. The number of piperidine rings is 1. The molecule has 1 heterocycles. The van der Waals surface area contributed by atoms with E-state index >= 15 is 0 Å². The highest BCUT2D eigenvalue weighted by Crippen LogP contribution is 2.31. The first-order valence-corrected chi connectivity index (χ1v) is 9.86. The van der Waals surface area contributed by atoms with Crippen LogP contribution >= 0.6 is 0 Å². The van der Waals surface area contributed by atoms with Gasteiger partial charge in [0.1, 0.15) is 0 Å². The highest BCUT2D eigenvalue weighted by atomic mass is 16.6. The van der Waals surface area contributed by atoms with E-state index in [-0.39, 0.29) is 6.09 Å². The van der Waals surface area contributed by atoms with Gasteiger partial charge in [-0.15, -0.1) is 0 Å². The van der Waals surface area contributed by atoms with E-state index in [1.54, 1.807) is 12.1 Å². The first-order valence-electron chi connectivity index (χ1n) is 9.86. The maximum Gasteiger partial charge on any atom is 0.409 e. The van der Waals surface area contributed by atoms with Gasteiger partial charge in [0.15, 0.2) is 0 Å². The van der Waals surface area contributed by atoms with Gasteiger partial charge in [0.2, 0.25) is 5.91 Å². The van der Waals surface area contributed by atoms with Crippen molar-refractivity contribution in [2.75, 3.05) is 19.7 Å². The molecule has 5 heteroatoms. The number of likely N-dealkylation sites (tertiary alicyclic amines) is 1. The Morgan fingerprint density at radius 2 is 1.75 bits per heavy atom. The van der Waals surface area contributed by atoms with Crippen molar-refractivity contribution in [2.45, 2.75) is 32.6 Å². The fourth-order valence-electron chi connectivity index (χ4n) is 3.52. The number of ether oxygens (including phenoxy) is 1. The van der Waals surface area contributed by atoms with Gasteiger partial charge in [-0.1, -0.05) is 50.2 Å².